The smallest absolute Gasteiger partial charge is 0.101 e. The van der Waals surface area contributed by atoms with Gasteiger partial charge in [0.25, 0.3) is 0 Å². The fourth-order valence-electron chi connectivity index (χ4n) is 1.87. The minimum atomic E-state index is -0.499. The van der Waals surface area contributed by atoms with Gasteiger partial charge in [-0.05, 0) is 33.6 Å². The van der Waals surface area contributed by atoms with Crippen molar-refractivity contribution in [1.29, 1.82) is 0 Å². The van der Waals surface area contributed by atoms with Gasteiger partial charge < -0.3 is 14.6 Å². The molecule has 1 aliphatic carbocycles. The Balaban J connectivity index is 2.07. The lowest BCUT2D eigenvalue weighted by atomic mass is 9.98. The third-order valence-electron chi connectivity index (χ3n) is 2.79. The van der Waals surface area contributed by atoms with Gasteiger partial charge in [0.2, 0.25) is 0 Å². The summed E-state index contributed by atoms with van der Waals surface area (Å²) >= 11 is 0. The summed E-state index contributed by atoms with van der Waals surface area (Å²) in [5, 5.41) is 9.69. The highest BCUT2D eigenvalue weighted by molar-refractivity contribution is 4.67. The third-order valence-corrected chi connectivity index (χ3v) is 2.79. The minimum Gasteiger partial charge on any atom is -0.388 e. The van der Waals surface area contributed by atoms with Crippen molar-refractivity contribution in [3.05, 3.63) is 0 Å². The maximum absolute atomic E-state index is 9.69. The van der Waals surface area contributed by atoms with Crippen molar-refractivity contribution in [3.8, 4) is 0 Å². The van der Waals surface area contributed by atoms with E-state index in [-0.39, 0.29) is 5.60 Å². The molecule has 96 valence electrons. The summed E-state index contributed by atoms with van der Waals surface area (Å²) in [4.78, 5) is 0. The van der Waals surface area contributed by atoms with Gasteiger partial charge >= 0.3 is 0 Å². The quantitative estimate of drug-likeness (QED) is 0.788. The van der Waals surface area contributed by atoms with Crippen LogP contribution < -0.4 is 0 Å². The lowest BCUT2D eigenvalue weighted by Crippen LogP contribution is -2.31. The lowest BCUT2D eigenvalue weighted by Gasteiger charge is -2.25. The first-order valence-corrected chi connectivity index (χ1v) is 6.41. The van der Waals surface area contributed by atoms with E-state index in [9.17, 15) is 5.11 Å². The summed E-state index contributed by atoms with van der Waals surface area (Å²) in [7, 11) is 0. The molecule has 0 aliphatic heterocycles. The van der Waals surface area contributed by atoms with Gasteiger partial charge in [-0.25, -0.2) is 0 Å². The second kappa shape index (κ2) is 6.58. The molecule has 1 rings (SSSR count). The van der Waals surface area contributed by atoms with Crippen molar-refractivity contribution >= 4 is 0 Å². The largest absolute Gasteiger partial charge is 0.388 e. The molecule has 3 nitrogen and oxygen atoms in total. The molecular weight excluding hydrogens is 204 g/mol. The average Bonchev–Trinajstić information content (AvgIpc) is 2.24. The average molecular weight is 230 g/mol. The standard InChI is InChI=1S/C13H26O3/c1-13(2,3)16-10-11(14)9-15-12-7-5-4-6-8-12/h11-12,14H,4-10H2,1-3H3. The molecule has 0 saturated heterocycles. The molecule has 1 atom stereocenters. The van der Waals surface area contributed by atoms with Gasteiger partial charge in [-0.1, -0.05) is 19.3 Å². The first-order valence-electron chi connectivity index (χ1n) is 6.41. The van der Waals surface area contributed by atoms with Crippen LogP contribution in [-0.2, 0) is 9.47 Å². The molecule has 1 saturated carbocycles. The van der Waals surface area contributed by atoms with Gasteiger partial charge in [0.1, 0.15) is 6.10 Å². The first kappa shape index (κ1) is 13.9. The Morgan fingerprint density at radius 3 is 2.31 bits per heavy atom. The number of hydrogen-bond acceptors (Lipinski definition) is 3. The van der Waals surface area contributed by atoms with Gasteiger partial charge in [-0.15, -0.1) is 0 Å². The zero-order valence-electron chi connectivity index (χ0n) is 10.9. The Kier molecular flexibility index (Phi) is 5.73. The number of ether oxygens (including phenoxy) is 2. The highest BCUT2D eigenvalue weighted by Gasteiger charge is 2.17. The van der Waals surface area contributed by atoms with Gasteiger partial charge in [-0.2, -0.15) is 0 Å². The third kappa shape index (κ3) is 6.46. The van der Waals surface area contributed by atoms with E-state index in [1.807, 2.05) is 20.8 Å². The molecule has 16 heavy (non-hydrogen) atoms. The zero-order valence-corrected chi connectivity index (χ0v) is 10.9. The summed E-state index contributed by atoms with van der Waals surface area (Å²) in [6.45, 7) is 6.72. The van der Waals surface area contributed by atoms with Crippen LogP contribution in [0.3, 0.4) is 0 Å². The first-order chi connectivity index (χ1) is 7.47. The molecule has 3 heteroatoms. The fraction of sp³-hybridized carbons (Fsp3) is 1.00. The normalized spacial score (nSPS) is 21.0. The molecule has 0 radical (unpaired) electrons. The van der Waals surface area contributed by atoms with Crippen LogP contribution in [0.4, 0.5) is 0 Å². The summed E-state index contributed by atoms with van der Waals surface area (Å²) in [6, 6.07) is 0. The highest BCUT2D eigenvalue weighted by atomic mass is 16.5. The van der Waals surface area contributed by atoms with Crippen molar-refractivity contribution in [2.24, 2.45) is 0 Å². The van der Waals surface area contributed by atoms with Gasteiger partial charge in [0, 0.05) is 0 Å². The van der Waals surface area contributed by atoms with E-state index < -0.39 is 6.10 Å². The Labute approximate surface area is 99.1 Å². The predicted octanol–water partition coefficient (Wildman–Crippen LogP) is 2.51. The van der Waals surface area contributed by atoms with Crippen molar-refractivity contribution < 1.29 is 14.6 Å². The molecule has 1 N–H and O–H groups in total. The second-order valence-corrected chi connectivity index (χ2v) is 5.67. The number of rotatable bonds is 5. The molecule has 1 fully saturated rings. The Morgan fingerprint density at radius 1 is 1.12 bits per heavy atom. The Bertz CT molecular complexity index is 180. The summed E-state index contributed by atoms with van der Waals surface area (Å²) in [5.74, 6) is 0. The van der Waals surface area contributed by atoms with Crippen LogP contribution in [0.1, 0.15) is 52.9 Å². The van der Waals surface area contributed by atoms with Crippen LogP contribution in [-0.4, -0.2) is 36.1 Å². The van der Waals surface area contributed by atoms with E-state index in [4.69, 9.17) is 9.47 Å². The zero-order chi connectivity index (χ0) is 12.0. The molecule has 1 aliphatic rings. The molecule has 0 spiro atoms. The van der Waals surface area contributed by atoms with Crippen molar-refractivity contribution in [1.82, 2.24) is 0 Å². The molecule has 0 amide bonds. The van der Waals surface area contributed by atoms with Crippen molar-refractivity contribution in [2.45, 2.75) is 70.7 Å². The van der Waals surface area contributed by atoms with E-state index in [2.05, 4.69) is 0 Å². The molecule has 0 bridgehead atoms. The molecule has 0 aromatic heterocycles. The van der Waals surface area contributed by atoms with Crippen LogP contribution in [0.25, 0.3) is 0 Å². The maximum atomic E-state index is 9.69. The number of aliphatic hydroxyl groups is 1. The van der Waals surface area contributed by atoms with E-state index in [1.54, 1.807) is 0 Å². The Hall–Kier alpha value is -0.120. The monoisotopic (exact) mass is 230 g/mol. The SMILES string of the molecule is CC(C)(C)OCC(O)COC1CCCCC1. The molecule has 1 unspecified atom stereocenters. The van der Waals surface area contributed by atoms with Crippen LogP contribution in [0.2, 0.25) is 0 Å². The van der Waals surface area contributed by atoms with E-state index >= 15 is 0 Å². The fourth-order valence-corrected chi connectivity index (χ4v) is 1.87. The maximum Gasteiger partial charge on any atom is 0.101 e. The van der Waals surface area contributed by atoms with Crippen LogP contribution >= 0.6 is 0 Å². The van der Waals surface area contributed by atoms with Crippen molar-refractivity contribution in [3.63, 3.8) is 0 Å². The van der Waals surface area contributed by atoms with Gasteiger partial charge in [-0.3, -0.25) is 0 Å². The topological polar surface area (TPSA) is 38.7 Å². The summed E-state index contributed by atoms with van der Waals surface area (Å²) < 4.78 is 11.2. The van der Waals surface area contributed by atoms with Crippen molar-refractivity contribution in [2.75, 3.05) is 13.2 Å². The number of hydrogen-bond donors (Lipinski definition) is 1. The molecule has 0 aromatic carbocycles. The lowest BCUT2D eigenvalue weighted by molar-refractivity contribution is -0.0864. The van der Waals surface area contributed by atoms with Crippen LogP contribution in [0.15, 0.2) is 0 Å². The Morgan fingerprint density at radius 2 is 1.75 bits per heavy atom. The highest BCUT2D eigenvalue weighted by Crippen LogP contribution is 2.20. The molecule has 0 heterocycles. The van der Waals surface area contributed by atoms with Crippen LogP contribution in [0.5, 0.6) is 0 Å². The second-order valence-electron chi connectivity index (χ2n) is 5.67. The predicted molar refractivity (Wildman–Crippen MR) is 64.5 cm³/mol. The number of aliphatic hydroxyl groups excluding tert-OH is 1. The van der Waals surface area contributed by atoms with E-state index in [1.165, 1.54) is 19.3 Å². The summed E-state index contributed by atoms with van der Waals surface area (Å²) in [6.07, 6.45) is 6.01. The summed E-state index contributed by atoms with van der Waals surface area (Å²) in [5.41, 5.74) is -0.189. The van der Waals surface area contributed by atoms with E-state index in [0.717, 1.165) is 12.8 Å². The van der Waals surface area contributed by atoms with E-state index in [0.29, 0.717) is 19.3 Å². The minimum absolute atomic E-state index is 0.189. The molecular formula is C13H26O3. The van der Waals surface area contributed by atoms with Gasteiger partial charge in [0.05, 0.1) is 24.9 Å². The molecule has 0 aromatic rings. The van der Waals surface area contributed by atoms with Crippen LogP contribution in [0, 0.1) is 0 Å². The van der Waals surface area contributed by atoms with Gasteiger partial charge in [0.15, 0.2) is 0 Å².